The number of nitrogens with zero attached hydrogens (tertiary/aromatic N) is 2. The van der Waals surface area contributed by atoms with Crippen LogP contribution in [-0.4, -0.2) is 88.8 Å². The van der Waals surface area contributed by atoms with Gasteiger partial charge in [0, 0.05) is 29.8 Å². The monoisotopic (exact) mass is 1020 g/mol. The number of alkyl carbamates (subject to hydrolysis) is 1. The van der Waals surface area contributed by atoms with Gasteiger partial charge in [-0.05, 0) is 125 Å². The van der Waals surface area contributed by atoms with E-state index in [0.29, 0.717) is 28.8 Å². The molecule has 1 aliphatic heterocycles. The minimum absolute atomic E-state index is 0.0549. The molecule has 0 saturated heterocycles. The van der Waals surface area contributed by atoms with Gasteiger partial charge in [-0.15, -0.1) is 0 Å². The zero-order valence-corrected chi connectivity index (χ0v) is 42.9. The van der Waals surface area contributed by atoms with Crippen molar-refractivity contribution in [3.63, 3.8) is 0 Å². The van der Waals surface area contributed by atoms with Crippen LogP contribution in [0.25, 0.3) is 0 Å². The molecule has 1 fully saturated rings. The minimum Gasteiger partial charge on any atom is -0.481 e. The Balaban J connectivity index is 0.000000274. The lowest BCUT2D eigenvalue weighted by Gasteiger charge is -2.44. The highest BCUT2D eigenvalue weighted by Gasteiger charge is 2.50. The number of carboxylic acid groups (broad SMARTS) is 1. The third kappa shape index (κ3) is 16.3. The quantitative estimate of drug-likeness (QED) is 0.0528. The van der Waals surface area contributed by atoms with Crippen molar-refractivity contribution >= 4 is 47.4 Å². The summed E-state index contributed by atoms with van der Waals surface area (Å²) in [6, 6.07) is 23.5. The summed E-state index contributed by atoms with van der Waals surface area (Å²) >= 11 is 0. The normalized spacial score (nSPS) is 15.1. The van der Waals surface area contributed by atoms with Crippen molar-refractivity contribution in [3.8, 4) is 0 Å². The topological polar surface area (TPSA) is 222 Å². The van der Waals surface area contributed by atoms with Crippen molar-refractivity contribution in [1.82, 2.24) is 26.2 Å². The van der Waals surface area contributed by atoms with E-state index in [4.69, 9.17) is 14.8 Å². The average molecular weight is 1020 g/mol. The van der Waals surface area contributed by atoms with Gasteiger partial charge in [0.25, 0.3) is 17.7 Å². The number of nitrogens with one attached hydrogen (secondary N) is 4. The minimum atomic E-state index is -1.19. The van der Waals surface area contributed by atoms with Crippen LogP contribution >= 0.6 is 0 Å². The van der Waals surface area contributed by atoms with Gasteiger partial charge in [-0.2, -0.15) is 0 Å². The van der Waals surface area contributed by atoms with E-state index in [2.05, 4.69) is 32.9 Å². The Morgan fingerprint density at radius 2 is 1.30 bits per heavy atom. The number of aliphatic imine (C=N–C) groups is 1. The Morgan fingerprint density at radius 1 is 0.730 bits per heavy atom. The van der Waals surface area contributed by atoms with E-state index in [0.717, 1.165) is 62.5 Å². The number of carbonyl (C=O) groups excluding carboxylic acids is 6. The molecule has 4 aromatic rings. The zero-order chi connectivity index (χ0) is 54.0. The number of rotatable bonds is 20. The van der Waals surface area contributed by atoms with Crippen molar-refractivity contribution in [3.05, 3.63) is 142 Å². The van der Waals surface area contributed by atoms with Crippen molar-refractivity contribution in [1.29, 1.82) is 0 Å². The highest BCUT2D eigenvalue weighted by molar-refractivity contribution is 6.46. The molecule has 3 atom stereocenters. The fraction of sp³-hybridized carbons (Fsp3) is 0.429. The van der Waals surface area contributed by atoms with Crippen molar-refractivity contribution < 1.29 is 56.9 Å². The predicted molar refractivity (Wildman–Crippen MR) is 274 cm³/mol. The molecule has 1 heterocycles. The largest absolute Gasteiger partial charge is 0.481 e. The van der Waals surface area contributed by atoms with E-state index >= 15 is 0 Å². The van der Waals surface area contributed by atoms with Gasteiger partial charge in [-0.3, -0.25) is 33.8 Å². The van der Waals surface area contributed by atoms with Gasteiger partial charge >= 0.3 is 18.0 Å². The molecular weight excluding hydrogens is 955 g/mol. The summed E-state index contributed by atoms with van der Waals surface area (Å²) in [5, 5.41) is 19.5. The fourth-order valence-corrected chi connectivity index (χ4v) is 8.93. The van der Waals surface area contributed by atoms with Crippen LogP contribution in [-0.2, 0) is 28.7 Å². The number of carbonyl (C=O) groups is 7. The number of halogens is 2. The number of ether oxygens (including phenoxy) is 2. The van der Waals surface area contributed by atoms with Gasteiger partial charge in [0.05, 0.1) is 32.0 Å². The van der Waals surface area contributed by atoms with Crippen LogP contribution in [0.5, 0.6) is 0 Å². The van der Waals surface area contributed by atoms with Crippen LogP contribution in [0.3, 0.4) is 0 Å². The summed E-state index contributed by atoms with van der Waals surface area (Å²) in [6.45, 7) is 9.33. The number of hydrogen-bond acceptors (Lipinski definition) is 10. The predicted octanol–water partition coefficient (Wildman–Crippen LogP) is 9.21. The first-order valence-electron chi connectivity index (χ1n) is 25.1. The van der Waals surface area contributed by atoms with Crippen LogP contribution in [0.15, 0.2) is 102 Å². The number of esters is 1. The van der Waals surface area contributed by atoms with Crippen molar-refractivity contribution in [2.45, 2.75) is 135 Å². The van der Waals surface area contributed by atoms with Gasteiger partial charge in [-0.1, -0.05) is 81.6 Å². The number of amides is 5. The van der Waals surface area contributed by atoms with Gasteiger partial charge in [0.15, 0.2) is 0 Å². The Labute approximate surface area is 431 Å². The van der Waals surface area contributed by atoms with Gasteiger partial charge in [0.2, 0.25) is 5.91 Å². The maximum atomic E-state index is 14.0. The van der Waals surface area contributed by atoms with Crippen LogP contribution < -0.4 is 21.3 Å². The molecular formula is C56H68F2N6O10. The number of aliphatic carboxylic acids is 1. The van der Waals surface area contributed by atoms with Crippen LogP contribution in [0.4, 0.5) is 13.6 Å². The summed E-state index contributed by atoms with van der Waals surface area (Å²) in [5.74, 6) is -3.74. The molecule has 1 unspecified atom stereocenters. The summed E-state index contributed by atoms with van der Waals surface area (Å²) in [5.41, 5.74) is 2.12. The van der Waals surface area contributed by atoms with E-state index < -0.39 is 58.9 Å². The van der Waals surface area contributed by atoms with E-state index in [1.807, 2.05) is 24.0 Å². The van der Waals surface area contributed by atoms with Gasteiger partial charge in [-0.25, -0.2) is 13.6 Å². The lowest BCUT2D eigenvalue weighted by molar-refractivity contribution is -0.140. The summed E-state index contributed by atoms with van der Waals surface area (Å²) < 4.78 is 37.8. The van der Waals surface area contributed by atoms with Crippen LogP contribution in [0.1, 0.15) is 166 Å². The molecule has 0 aromatic heterocycles. The molecule has 16 nitrogen and oxygen atoms in total. The summed E-state index contributed by atoms with van der Waals surface area (Å²) in [4.78, 5) is 93.3. The first-order chi connectivity index (χ1) is 35.3. The molecule has 74 heavy (non-hydrogen) atoms. The molecule has 396 valence electrons. The SMILES string of the molecule is CCC[C@@H](NC(=O)C(NC(=O)OC(C)(C)C)c1cccc(F)c1)c1ccc(C(=O)NCCC(=O)OC)cc1.CCC[C@H](c1ccc(C(=O)NCCC(=O)O)cc1)N1C(=O)C(c2cccc(F)c2)=NC12CCCCC2. The van der Waals surface area contributed by atoms with Gasteiger partial charge < -0.3 is 40.7 Å². The van der Waals surface area contributed by atoms with E-state index in [1.165, 1.54) is 37.4 Å². The Kier molecular flexibility index (Phi) is 20.9. The maximum Gasteiger partial charge on any atom is 0.408 e. The highest BCUT2D eigenvalue weighted by atomic mass is 19.1. The molecule has 5 amide bonds. The van der Waals surface area contributed by atoms with Crippen molar-refractivity contribution in [2.24, 2.45) is 4.99 Å². The van der Waals surface area contributed by atoms with Crippen molar-refractivity contribution in [2.75, 3.05) is 20.2 Å². The number of carboxylic acids is 1. The number of hydrogen-bond donors (Lipinski definition) is 5. The van der Waals surface area contributed by atoms with E-state index in [1.54, 1.807) is 75.4 Å². The molecule has 0 radical (unpaired) electrons. The summed E-state index contributed by atoms with van der Waals surface area (Å²) in [7, 11) is 1.28. The number of benzene rings is 4. The smallest absolute Gasteiger partial charge is 0.408 e. The molecule has 6 rings (SSSR count). The molecule has 18 heteroatoms. The Hall–Kier alpha value is -7.50. The Morgan fingerprint density at radius 3 is 1.84 bits per heavy atom. The second kappa shape index (κ2) is 27.0. The number of methoxy groups -OCH3 is 1. The van der Waals surface area contributed by atoms with Gasteiger partial charge in [0.1, 0.15) is 34.7 Å². The second-order valence-electron chi connectivity index (χ2n) is 19.2. The summed E-state index contributed by atoms with van der Waals surface area (Å²) in [6.07, 6.45) is 6.57. The molecule has 1 spiro atoms. The van der Waals surface area contributed by atoms with Crippen LogP contribution in [0, 0.1) is 11.6 Å². The molecule has 2 aliphatic rings. The molecule has 1 saturated carbocycles. The van der Waals surface area contributed by atoms with E-state index in [-0.39, 0.29) is 55.3 Å². The maximum absolute atomic E-state index is 14.0. The Bertz CT molecular complexity index is 2630. The van der Waals surface area contributed by atoms with Crippen LogP contribution in [0.2, 0.25) is 0 Å². The highest BCUT2D eigenvalue weighted by Crippen LogP contribution is 2.45. The molecule has 4 aromatic carbocycles. The first kappa shape index (κ1) is 57.4. The first-order valence-corrected chi connectivity index (χ1v) is 25.1. The standard InChI is InChI=1S/C28H36FN3O6.C28H32FN3O4/c1-6-8-22(18-11-13-19(14-12-18)25(34)30-16-15-23(33)37-5)31-26(35)24(20-9-7-10-21(29)17-20)32-27(36)38-28(2,3)4;1-2-7-23(19-10-12-20(13-11-19)26(35)30-17-14-24(33)34)32-27(36)25(21-8-6-9-22(29)18-21)31-28(32)15-4-3-5-16-28/h7,9-14,17,22,24H,6,8,15-16H2,1-5H3,(H,30,34)(H,31,35)(H,32,36);6,8-13,18,23H,2-5,7,14-17H2,1H3,(H,30,35)(H,33,34)/t22-,24?;23-/m11/s1. The zero-order valence-electron chi connectivity index (χ0n) is 42.9. The van der Waals surface area contributed by atoms with E-state index in [9.17, 15) is 42.3 Å². The molecule has 1 aliphatic carbocycles. The molecule has 5 N–H and O–H groups in total. The second-order valence-corrected chi connectivity index (χ2v) is 19.2. The third-order valence-electron chi connectivity index (χ3n) is 12.4. The lowest BCUT2D eigenvalue weighted by Crippen LogP contribution is -2.50. The molecule has 0 bridgehead atoms. The third-order valence-corrected chi connectivity index (χ3v) is 12.4. The average Bonchev–Trinajstić information content (AvgIpc) is 3.63. The fourth-order valence-electron chi connectivity index (χ4n) is 8.93. The lowest BCUT2D eigenvalue weighted by atomic mass is 9.86.